The van der Waals surface area contributed by atoms with Crippen LogP contribution in [0.4, 0.5) is 0 Å². The SMILES string of the molecule is c1csc(C2CN(Cc3noc(C4CCOCC4)n3)CCO2)n1. The first-order valence-electron chi connectivity index (χ1n) is 8.02. The van der Waals surface area contributed by atoms with Gasteiger partial charge >= 0.3 is 0 Å². The molecule has 0 radical (unpaired) electrons. The second-order valence-corrected chi connectivity index (χ2v) is 6.83. The Hall–Kier alpha value is -1.35. The molecule has 4 heterocycles. The van der Waals surface area contributed by atoms with Crippen LogP contribution in [-0.4, -0.2) is 52.9 Å². The molecular weight excluding hydrogens is 316 g/mol. The summed E-state index contributed by atoms with van der Waals surface area (Å²) in [4.78, 5) is 11.2. The second-order valence-electron chi connectivity index (χ2n) is 5.90. The molecule has 2 fully saturated rings. The fourth-order valence-electron chi connectivity index (χ4n) is 3.03. The van der Waals surface area contributed by atoms with Gasteiger partial charge in [-0.05, 0) is 12.8 Å². The van der Waals surface area contributed by atoms with Crippen molar-refractivity contribution in [3.05, 3.63) is 28.3 Å². The summed E-state index contributed by atoms with van der Waals surface area (Å²) in [5.74, 6) is 1.86. The largest absolute Gasteiger partial charge is 0.381 e. The van der Waals surface area contributed by atoms with Crippen LogP contribution in [0.2, 0.25) is 0 Å². The lowest BCUT2D eigenvalue weighted by Crippen LogP contribution is -2.38. The minimum absolute atomic E-state index is 0.0469. The number of nitrogens with zero attached hydrogens (tertiary/aromatic N) is 4. The summed E-state index contributed by atoms with van der Waals surface area (Å²) in [7, 11) is 0. The number of ether oxygens (including phenoxy) is 2. The van der Waals surface area contributed by atoms with Crippen LogP contribution in [-0.2, 0) is 16.0 Å². The summed E-state index contributed by atoms with van der Waals surface area (Å²) < 4.78 is 16.7. The van der Waals surface area contributed by atoms with E-state index in [-0.39, 0.29) is 6.10 Å². The lowest BCUT2D eigenvalue weighted by Gasteiger charge is -2.30. The zero-order valence-corrected chi connectivity index (χ0v) is 13.7. The van der Waals surface area contributed by atoms with Crippen LogP contribution in [0.5, 0.6) is 0 Å². The summed E-state index contributed by atoms with van der Waals surface area (Å²) in [6.07, 6.45) is 3.80. The molecule has 4 rings (SSSR count). The maximum absolute atomic E-state index is 5.82. The minimum Gasteiger partial charge on any atom is -0.381 e. The summed E-state index contributed by atoms with van der Waals surface area (Å²) in [5.41, 5.74) is 0. The predicted molar refractivity (Wildman–Crippen MR) is 83.2 cm³/mol. The van der Waals surface area contributed by atoms with E-state index in [9.17, 15) is 0 Å². The molecule has 0 saturated carbocycles. The third-order valence-corrected chi connectivity index (χ3v) is 5.16. The van der Waals surface area contributed by atoms with Crippen molar-refractivity contribution >= 4 is 11.3 Å². The molecule has 1 unspecified atom stereocenters. The first-order chi connectivity index (χ1) is 11.4. The van der Waals surface area contributed by atoms with Crippen molar-refractivity contribution in [2.75, 3.05) is 32.9 Å². The van der Waals surface area contributed by atoms with Gasteiger partial charge < -0.3 is 14.0 Å². The molecule has 2 aliphatic rings. The Labute approximate surface area is 138 Å². The molecule has 0 aliphatic carbocycles. The van der Waals surface area contributed by atoms with Crippen molar-refractivity contribution in [2.24, 2.45) is 0 Å². The van der Waals surface area contributed by atoms with E-state index in [2.05, 4.69) is 20.0 Å². The van der Waals surface area contributed by atoms with E-state index in [4.69, 9.17) is 14.0 Å². The molecule has 0 spiro atoms. The molecule has 1 atom stereocenters. The summed E-state index contributed by atoms with van der Waals surface area (Å²) in [6, 6.07) is 0. The quantitative estimate of drug-likeness (QED) is 0.845. The van der Waals surface area contributed by atoms with Gasteiger partial charge in [0.1, 0.15) is 11.1 Å². The molecule has 0 amide bonds. The number of hydrogen-bond donors (Lipinski definition) is 0. The van der Waals surface area contributed by atoms with Crippen molar-refractivity contribution in [2.45, 2.75) is 31.4 Å². The van der Waals surface area contributed by atoms with E-state index in [1.807, 2.05) is 11.6 Å². The number of rotatable bonds is 4. The third-order valence-electron chi connectivity index (χ3n) is 4.30. The Balaban J connectivity index is 1.37. The van der Waals surface area contributed by atoms with Crippen molar-refractivity contribution < 1.29 is 14.0 Å². The smallest absolute Gasteiger partial charge is 0.229 e. The maximum Gasteiger partial charge on any atom is 0.229 e. The van der Waals surface area contributed by atoms with Gasteiger partial charge in [-0.15, -0.1) is 11.3 Å². The molecule has 124 valence electrons. The van der Waals surface area contributed by atoms with Crippen molar-refractivity contribution in [3.63, 3.8) is 0 Å². The standard InChI is InChI=1S/C15H20N4O3S/c1-5-20-6-2-11(1)14-17-13(18-22-14)10-19-4-7-21-12(9-19)15-16-3-8-23-15/h3,8,11-12H,1-2,4-7,9-10H2. The highest BCUT2D eigenvalue weighted by Crippen LogP contribution is 2.27. The zero-order valence-electron chi connectivity index (χ0n) is 12.9. The van der Waals surface area contributed by atoms with Crippen LogP contribution in [0.3, 0.4) is 0 Å². The number of morpholine rings is 1. The van der Waals surface area contributed by atoms with E-state index in [0.29, 0.717) is 19.1 Å². The van der Waals surface area contributed by atoms with Crippen LogP contribution in [0.1, 0.15) is 41.6 Å². The van der Waals surface area contributed by atoms with Crippen molar-refractivity contribution in [1.82, 2.24) is 20.0 Å². The van der Waals surface area contributed by atoms with Crippen LogP contribution >= 0.6 is 11.3 Å². The van der Waals surface area contributed by atoms with Crippen molar-refractivity contribution in [1.29, 1.82) is 0 Å². The van der Waals surface area contributed by atoms with Crippen LogP contribution in [0.25, 0.3) is 0 Å². The van der Waals surface area contributed by atoms with Gasteiger partial charge in [0.25, 0.3) is 0 Å². The highest BCUT2D eigenvalue weighted by atomic mass is 32.1. The molecule has 0 aromatic carbocycles. The molecular formula is C15H20N4O3S. The molecule has 2 aliphatic heterocycles. The van der Waals surface area contributed by atoms with E-state index in [1.54, 1.807) is 11.3 Å². The summed E-state index contributed by atoms with van der Waals surface area (Å²) in [5, 5.41) is 7.17. The number of hydrogen-bond acceptors (Lipinski definition) is 8. The lowest BCUT2D eigenvalue weighted by molar-refractivity contribution is -0.0339. The third kappa shape index (κ3) is 3.60. The topological polar surface area (TPSA) is 73.5 Å². The van der Waals surface area contributed by atoms with E-state index in [1.165, 1.54) is 0 Å². The molecule has 0 N–H and O–H groups in total. The fraction of sp³-hybridized carbons (Fsp3) is 0.667. The van der Waals surface area contributed by atoms with Gasteiger partial charge in [0.2, 0.25) is 5.89 Å². The second kappa shape index (κ2) is 7.04. The zero-order chi connectivity index (χ0) is 15.5. The maximum atomic E-state index is 5.82. The monoisotopic (exact) mass is 336 g/mol. The molecule has 7 nitrogen and oxygen atoms in total. The van der Waals surface area contributed by atoms with Crippen molar-refractivity contribution in [3.8, 4) is 0 Å². The van der Waals surface area contributed by atoms with Gasteiger partial charge in [0.15, 0.2) is 5.82 Å². The molecule has 0 bridgehead atoms. The number of aromatic nitrogens is 3. The Morgan fingerprint density at radius 2 is 2.17 bits per heavy atom. The minimum atomic E-state index is 0.0469. The molecule has 2 aromatic rings. The van der Waals surface area contributed by atoms with Crippen LogP contribution in [0.15, 0.2) is 16.1 Å². The first-order valence-corrected chi connectivity index (χ1v) is 8.90. The van der Waals surface area contributed by atoms with Gasteiger partial charge in [-0.2, -0.15) is 4.98 Å². The first kappa shape index (κ1) is 15.2. The Morgan fingerprint density at radius 3 is 3.00 bits per heavy atom. The predicted octanol–water partition coefficient (Wildman–Crippen LogP) is 1.99. The average molecular weight is 336 g/mol. The van der Waals surface area contributed by atoms with E-state index in [0.717, 1.165) is 55.9 Å². The highest BCUT2D eigenvalue weighted by molar-refractivity contribution is 7.09. The highest BCUT2D eigenvalue weighted by Gasteiger charge is 2.26. The summed E-state index contributed by atoms with van der Waals surface area (Å²) >= 11 is 1.64. The van der Waals surface area contributed by atoms with Crippen LogP contribution in [0, 0.1) is 0 Å². The number of thiazole rings is 1. The molecule has 23 heavy (non-hydrogen) atoms. The lowest BCUT2D eigenvalue weighted by atomic mass is 10.0. The molecule has 2 aromatic heterocycles. The molecule has 2 saturated heterocycles. The van der Waals surface area contributed by atoms with Gasteiger partial charge in [-0.25, -0.2) is 4.98 Å². The van der Waals surface area contributed by atoms with Gasteiger partial charge in [-0.1, -0.05) is 5.16 Å². The Kier molecular flexibility index (Phi) is 4.65. The normalized spacial score (nSPS) is 24.1. The van der Waals surface area contributed by atoms with Crippen LogP contribution < -0.4 is 0 Å². The summed E-state index contributed by atoms with van der Waals surface area (Å²) in [6.45, 7) is 4.65. The van der Waals surface area contributed by atoms with Gasteiger partial charge in [0.05, 0.1) is 13.2 Å². The van der Waals surface area contributed by atoms with Gasteiger partial charge in [-0.3, -0.25) is 4.90 Å². The van der Waals surface area contributed by atoms with E-state index < -0.39 is 0 Å². The fourth-order valence-corrected chi connectivity index (χ4v) is 3.71. The molecule has 8 heteroatoms. The Bertz CT molecular complexity index is 612. The average Bonchev–Trinajstić information content (AvgIpc) is 3.28. The van der Waals surface area contributed by atoms with Gasteiger partial charge in [0, 0.05) is 43.8 Å². The Morgan fingerprint density at radius 1 is 1.26 bits per heavy atom. The van der Waals surface area contributed by atoms with E-state index >= 15 is 0 Å².